The summed E-state index contributed by atoms with van der Waals surface area (Å²) in [5, 5.41) is 0. The third-order valence-corrected chi connectivity index (χ3v) is 9.00. The van der Waals surface area contributed by atoms with Gasteiger partial charge in [0.25, 0.3) is 0 Å². The van der Waals surface area contributed by atoms with Gasteiger partial charge in [-0.15, -0.1) is 0 Å². The lowest BCUT2D eigenvalue weighted by atomic mass is 9.98. The first-order valence-electron chi connectivity index (χ1n) is 19.7. The Kier molecular flexibility index (Phi) is 29.2. The molecule has 1 fully saturated rings. The molecule has 0 aromatic carbocycles. The Labute approximate surface area is 282 Å². The first-order valence-corrected chi connectivity index (χ1v) is 19.7. The van der Waals surface area contributed by atoms with E-state index in [1.165, 1.54) is 141 Å². The molecule has 1 atom stereocenters. The molecule has 0 radical (unpaired) electrons. The molecule has 1 aliphatic heterocycles. The van der Waals surface area contributed by atoms with Crippen LogP contribution in [0.25, 0.3) is 0 Å². The van der Waals surface area contributed by atoms with Crippen LogP contribution in [-0.2, 0) is 9.47 Å². The standard InChI is InChI=1S/C42H77NO2/c1-5-7-9-11-13-15-17-19-21-23-25-27-29-31-33-35-37-42(44-40-41(45-42)39-43(3)4)38-36-34-32-30-28-26-24-22-20-18-16-14-12-10-8-6-2/h13-16,19-22,41H,5-12,17-18,23-40H2,1-4H3/b15-13+,16-14+,21-19+,22-20+/t41-/m1/s1. The predicted molar refractivity (Wildman–Crippen MR) is 200 cm³/mol. The minimum Gasteiger partial charge on any atom is -0.347 e. The molecule has 3 heteroatoms. The fourth-order valence-corrected chi connectivity index (χ4v) is 6.27. The molecule has 262 valence electrons. The van der Waals surface area contributed by atoms with E-state index in [1.54, 1.807) is 0 Å². The van der Waals surface area contributed by atoms with Gasteiger partial charge in [0, 0.05) is 19.4 Å². The summed E-state index contributed by atoms with van der Waals surface area (Å²) in [7, 11) is 4.27. The summed E-state index contributed by atoms with van der Waals surface area (Å²) in [5.41, 5.74) is 0. The van der Waals surface area contributed by atoms with E-state index in [1.807, 2.05) is 0 Å². The normalized spacial score (nSPS) is 17.0. The maximum Gasteiger partial charge on any atom is 0.168 e. The van der Waals surface area contributed by atoms with E-state index in [2.05, 4.69) is 81.5 Å². The van der Waals surface area contributed by atoms with Crippen molar-refractivity contribution in [3.05, 3.63) is 48.6 Å². The van der Waals surface area contributed by atoms with Crippen LogP contribution in [0.15, 0.2) is 48.6 Å². The van der Waals surface area contributed by atoms with Crippen LogP contribution in [0.3, 0.4) is 0 Å². The predicted octanol–water partition coefficient (Wildman–Crippen LogP) is 13.1. The van der Waals surface area contributed by atoms with Crippen LogP contribution >= 0.6 is 0 Å². The van der Waals surface area contributed by atoms with E-state index >= 15 is 0 Å². The van der Waals surface area contributed by atoms with Gasteiger partial charge >= 0.3 is 0 Å². The second-order valence-corrected chi connectivity index (χ2v) is 13.9. The Hall–Kier alpha value is -1.16. The maximum absolute atomic E-state index is 6.62. The molecule has 0 unspecified atom stereocenters. The summed E-state index contributed by atoms with van der Waals surface area (Å²) in [6.45, 7) is 6.24. The largest absolute Gasteiger partial charge is 0.347 e. The van der Waals surface area contributed by atoms with E-state index in [0.29, 0.717) is 0 Å². The van der Waals surface area contributed by atoms with Crippen LogP contribution < -0.4 is 0 Å². The minimum atomic E-state index is -0.328. The molecule has 0 aliphatic carbocycles. The van der Waals surface area contributed by atoms with Crippen molar-refractivity contribution in [1.82, 2.24) is 4.90 Å². The minimum absolute atomic E-state index is 0.217. The van der Waals surface area contributed by atoms with Crippen molar-refractivity contribution in [1.29, 1.82) is 0 Å². The number of nitrogens with zero attached hydrogens (tertiary/aromatic N) is 1. The number of allylic oxidation sites excluding steroid dienone is 8. The van der Waals surface area contributed by atoms with E-state index in [0.717, 1.165) is 38.8 Å². The number of unbranched alkanes of at least 4 members (excludes halogenated alkanes) is 18. The number of likely N-dealkylation sites (N-methyl/N-ethyl adjacent to an activating group) is 1. The second-order valence-electron chi connectivity index (χ2n) is 13.9. The highest BCUT2D eigenvalue weighted by atomic mass is 16.7. The van der Waals surface area contributed by atoms with Gasteiger partial charge in [0.05, 0.1) is 12.7 Å². The van der Waals surface area contributed by atoms with Crippen LogP contribution in [0.2, 0.25) is 0 Å². The first kappa shape index (κ1) is 41.9. The molecule has 1 aliphatic rings. The van der Waals surface area contributed by atoms with Gasteiger partial charge in [0.1, 0.15) is 0 Å². The molecule has 0 N–H and O–H groups in total. The Balaban J connectivity index is 2.13. The zero-order chi connectivity index (χ0) is 32.5. The molecular weight excluding hydrogens is 550 g/mol. The van der Waals surface area contributed by atoms with Gasteiger partial charge in [-0.3, -0.25) is 0 Å². The van der Waals surface area contributed by atoms with Crippen molar-refractivity contribution < 1.29 is 9.47 Å². The van der Waals surface area contributed by atoms with Gasteiger partial charge in [-0.25, -0.2) is 0 Å². The van der Waals surface area contributed by atoms with Crippen molar-refractivity contribution in [2.24, 2.45) is 0 Å². The Morgan fingerprint density at radius 3 is 1.29 bits per heavy atom. The van der Waals surface area contributed by atoms with Crippen LogP contribution in [0, 0.1) is 0 Å². The number of hydrogen-bond donors (Lipinski definition) is 0. The molecule has 0 aromatic heterocycles. The SMILES string of the molecule is CCCCC/C=C/C/C=C/CCCCCCCCC1(CCCCCCCC/C=C/C/C=C/CCCCC)OC[C@@H](CN(C)C)O1. The molecule has 45 heavy (non-hydrogen) atoms. The average Bonchev–Trinajstić information content (AvgIpc) is 3.42. The van der Waals surface area contributed by atoms with Crippen LogP contribution in [-0.4, -0.2) is 44.0 Å². The zero-order valence-corrected chi connectivity index (χ0v) is 30.8. The summed E-state index contributed by atoms with van der Waals surface area (Å²) in [6.07, 6.45) is 52.1. The summed E-state index contributed by atoms with van der Waals surface area (Å²) in [5.74, 6) is -0.328. The zero-order valence-electron chi connectivity index (χ0n) is 30.8. The lowest BCUT2D eigenvalue weighted by molar-refractivity contribution is -0.180. The van der Waals surface area contributed by atoms with E-state index in [9.17, 15) is 0 Å². The highest BCUT2D eigenvalue weighted by Crippen LogP contribution is 2.35. The van der Waals surface area contributed by atoms with Gasteiger partial charge in [0.15, 0.2) is 5.79 Å². The second kappa shape index (κ2) is 31.4. The molecule has 1 saturated heterocycles. The van der Waals surface area contributed by atoms with Crippen molar-refractivity contribution in [2.45, 2.75) is 193 Å². The summed E-state index contributed by atoms with van der Waals surface area (Å²) in [4.78, 5) is 2.23. The maximum atomic E-state index is 6.62. The smallest absolute Gasteiger partial charge is 0.168 e. The van der Waals surface area contributed by atoms with Gasteiger partial charge in [-0.1, -0.05) is 140 Å². The van der Waals surface area contributed by atoms with Gasteiger partial charge in [0.2, 0.25) is 0 Å². The molecule has 1 heterocycles. The number of hydrogen-bond acceptors (Lipinski definition) is 3. The monoisotopic (exact) mass is 628 g/mol. The lowest BCUT2D eigenvalue weighted by Gasteiger charge is -2.29. The van der Waals surface area contributed by atoms with E-state index in [4.69, 9.17) is 9.47 Å². The third kappa shape index (κ3) is 26.6. The fourth-order valence-electron chi connectivity index (χ4n) is 6.27. The fraction of sp³-hybridized carbons (Fsp3) is 0.810. The summed E-state index contributed by atoms with van der Waals surface area (Å²) >= 11 is 0. The summed E-state index contributed by atoms with van der Waals surface area (Å²) < 4.78 is 13.0. The van der Waals surface area contributed by atoms with Crippen LogP contribution in [0.5, 0.6) is 0 Å². The molecule has 0 amide bonds. The molecule has 0 bridgehead atoms. The molecule has 0 spiro atoms. The van der Waals surface area contributed by atoms with Gasteiger partial charge in [-0.2, -0.15) is 0 Å². The van der Waals surface area contributed by atoms with Crippen molar-refractivity contribution in [3.63, 3.8) is 0 Å². The number of ether oxygens (including phenoxy) is 2. The Morgan fingerprint density at radius 1 is 0.511 bits per heavy atom. The van der Waals surface area contributed by atoms with Gasteiger partial charge < -0.3 is 14.4 Å². The highest BCUT2D eigenvalue weighted by molar-refractivity contribution is 4.93. The van der Waals surface area contributed by atoms with Crippen LogP contribution in [0.4, 0.5) is 0 Å². The molecule has 0 aromatic rings. The average molecular weight is 628 g/mol. The molecule has 1 rings (SSSR count). The van der Waals surface area contributed by atoms with Crippen molar-refractivity contribution in [2.75, 3.05) is 27.2 Å². The Morgan fingerprint density at radius 2 is 0.889 bits per heavy atom. The summed E-state index contributed by atoms with van der Waals surface area (Å²) in [6, 6.07) is 0. The third-order valence-electron chi connectivity index (χ3n) is 9.00. The van der Waals surface area contributed by atoms with Crippen molar-refractivity contribution in [3.8, 4) is 0 Å². The number of rotatable bonds is 32. The molecule has 0 saturated carbocycles. The van der Waals surface area contributed by atoms with Crippen LogP contribution in [0.1, 0.15) is 181 Å². The van der Waals surface area contributed by atoms with Gasteiger partial charge in [-0.05, 0) is 91.1 Å². The topological polar surface area (TPSA) is 21.7 Å². The Bertz CT molecular complexity index is 689. The first-order chi connectivity index (χ1) is 22.1. The quantitative estimate of drug-likeness (QED) is 0.0547. The highest BCUT2D eigenvalue weighted by Gasteiger charge is 2.40. The van der Waals surface area contributed by atoms with E-state index < -0.39 is 0 Å². The molecule has 3 nitrogen and oxygen atoms in total. The van der Waals surface area contributed by atoms with E-state index in [-0.39, 0.29) is 11.9 Å². The van der Waals surface area contributed by atoms with Crippen molar-refractivity contribution >= 4 is 0 Å². The lowest BCUT2D eigenvalue weighted by Crippen LogP contribution is -2.33. The molecular formula is C42H77NO2.